The molecule has 5 nitrogen and oxygen atoms in total. The smallest absolute Gasteiger partial charge is 0.160 e. The lowest BCUT2D eigenvalue weighted by Crippen LogP contribution is -2.74. The van der Waals surface area contributed by atoms with Crippen LogP contribution in [0.1, 0.15) is 0 Å². The minimum atomic E-state index is -2.11. The molecule has 0 unspecified atom stereocenters. The third-order valence-electron chi connectivity index (χ3n) is 0. The van der Waals surface area contributed by atoms with Crippen molar-refractivity contribution in [2.45, 2.75) is 0 Å². The van der Waals surface area contributed by atoms with Gasteiger partial charge >= 0.3 is 0 Å². The van der Waals surface area contributed by atoms with E-state index < -0.39 is 5.68 Å². The van der Waals surface area contributed by atoms with Crippen molar-refractivity contribution >= 4 is 41.9 Å². The second-order valence-electron chi connectivity index (χ2n) is 0.683. The summed E-state index contributed by atoms with van der Waals surface area (Å²) in [6.07, 6.45) is 0. The molecule has 17 N–H and O–H groups in total. The molecule has 0 atom stereocenters. The molecule has 64 valence electrons. The standard InChI is InChI=1S/H3NS3Si.4H3N/c1-5(2,3)4;;;;/h1H3;4*1H3/q-2;;;;/p+2. The fraction of sp³-hybridized carbons (Fsp3) is 0. The zero-order valence-corrected chi connectivity index (χ0v) is 9.30. The molecule has 0 saturated heterocycles. The van der Waals surface area contributed by atoms with Crippen LogP contribution in [0, 0.1) is 0 Å². The van der Waals surface area contributed by atoms with Crippen LogP contribution >= 0.6 is 0 Å². The average Bonchev–Trinajstić information content (AvgIpc) is 0.722. The summed E-state index contributed by atoms with van der Waals surface area (Å²) in [7, 11) is 0. The molecule has 0 rings (SSSR count). The summed E-state index contributed by atoms with van der Waals surface area (Å²) in [5.74, 6) is 0. The van der Waals surface area contributed by atoms with E-state index in [2.05, 4.69) is 41.6 Å². The molecule has 0 heterocycles. The maximum atomic E-state index is 4.48. The van der Waals surface area contributed by atoms with E-state index in [0.29, 0.717) is 0 Å². The van der Waals surface area contributed by atoms with Gasteiger partial charge in [-0.05, 0) is 0 Å². The lowest BCUT2D eigenvalue weighted by molar-refractivity contribution is -0.180. The molecule has 9 heavy (non-hydrogen) atoms. The van der Waals surface area contributed by atoms with Crippen LogP contribution in [0.25, 0.3) is 0 Å². The second-order valence-corrected chi connectivity index (χ2v) is 10.6. The van der Waals surface area contributed by atoms with Crippen molar-refractivity contribution in [3.8, 4) is 0 Å². The summed E-state index contributed by atoms with van der Waals surface area (Å²) in [5.41, 5.74) is -2.11. The van der Waals surface area contributed by atoms with Crippen LogP contribution < -0.4 is 30.0 Å². The summed E-state index contributed by atoms with van der Waals surface area (Å²) in [5, 5.41) is 3.35. The fourth-order valence-corrected chi connectivity index (χ4v) is 0. The molecule has 0 aliphatic carbocycles. The fourth-order valence-electron chi connectivity index (χ4n) is 0. The van der Waals surface area contributed by atoms with Gasteiger partial charge < -0.3 is 66.2 Å². The lowest BCUT2D eigenvalue weighted by Gasteiger charge is -2.45. The predicted molar refractivity (Wildman–Crippen MR) is 52.8 cm³/mol. The Labute approximate surface area is 72.1 Å². The zero-order valence-electron chi connectivity index (χ0n) is 5.85. The van der Waals surface area contributed by atoms with E-state index in [9.17, 15) is 0 Å². The van der Waals surface area contributed by atoms with Crippen LogP contribution in [0.4, 0.5) is 0 Å². The topological polar surface area (TPSA) is 171 Å². The molecule has 0 radical (unpaired) electrons. The minimum absolute atomic E-state index is 0. The highest BCUT2D eigenvalue weighted by molar-refractivity contribution is 8.51. The molecule has 0 bridgehead atoms. The van der Waals surface area contributed by atoms with Gasteiger partial charge in [0.1, 0.15) is 0 Å². The van der Waals surface area contributed by atoms with Gasteiger partial charge in [0.15, 0.2) is 0 Å². The first-order valence-electron chi connectivity index (χ1n) is 0.966. The minimum Gasteiger partial charge on any atom is -0.778 e. The summed E-state index contributed by atoms with van der Waals surface area (Å²) in [6.45, 7) is 0. The Morgan fingerprint density at radius 1 is 0.889 bits per heavy atom. The number of quaternary nitrogens is 3. The van der Waals surface area contributed by atoms with E-state index in [1.165, 1.54) is 0 Å². The van der Waals surface area contributed by atoms with Gasteiger partial charge in [0.2, 0.25) is 0 Å². The Morgan fingerprint density at radius 2 is 0.889 bits per heavy atom. The van der Waals surface area contributed by atoms with Gasteiger partial charge in [-0.1, -0.05) is 0 Å². The molecule has 0 fully saturated rings. The van der Waals surface area contributed by atoms with Crippen LogP contribution in [0.5, 0.6) is 0 Å². The van der Waals surface area contributed by atoms with Crippen molar-refractivity contribution in [1.29, 1.82) is 0 Å². The summed E-state index contributed by atoms with van der Waals surface area (Å²) < 4.78 is 0. The Balaban J connectivity index is -0.0000000133. The van der Waals surface area contributed by atoms with Crippen LogP contribution in [-0.4, -0.2) is 5.68 Å². The highest BCUT2D eigenvalue weighted by Gasteiger charge is 1.59. The second kappa shape index (κ2) is 11.8. The number of rotatable bonds is 0. The number of hydrogen-bond acceptors (Lipinski definition) is 5. The van der Waals surface area contributed by atoms with Gasteiger partial charge in [-0.2, -0.15) is 5.68 Å². The van der Waals surface area contributed by atoms with Gasteiger partial charge in [0.25, 0.3) is 0 Å². The van der Waals surface area contributed by atoms with Gasteiger partial charge in [-0.3, -0.25) is 0 Å². The van der Waals surface area contributed by atoms with E-state index in [0.717, 1.165) is 0 Å². The van der Waals surface area contributed by atoms with Crippen LogP contribution in [-0.2, 0) is 36.2 Å². The molecular weight excluding hydrogens is 194 g/mol. The first-order valence-corrected chi connectivity index (χ1v) is 6.57. The Bertz CT molecular complexity index is 27.7. The summed E-state index contributed by atoms with van der Waals surface area (Å²) in [4.78, 5) is 0. The van der Waals surface area contributed by atoms with E-state index in [-0.39, 0.29) is 24.6 Å². The number of hydrogen-bond donors (Lipinski definition) is 5. The lowest BCUT2D eigenvalue weighted by atomic mass is 13.9. The largest absolute Gasteiger partial charge is 0.778 e. The van der Waals surface area contributed by atoms with Crippen molar-refractivity contribution in [1.82, 2.24) is 24.6 Å². The molecule has 0 aliphatic rings. The van der Waals surface area contributed by atoms with Crippen LogP contribution in [0.2, 0.25) is 0 Å². The zero-order chi connectivity index (χ0) is 4.50. The van der Waals surface area contributed by atoms with E-state index >= 15 is 0 Å². The highest BCUT2D eigenvalue weighted by atomic mass is 32.7. The maximum absolute atomic E-state index is 4.48. The van der Waals surface area contributed by atoms with Gasteiger partial charge in [0, 0.05) is 0 Å². The summed E-state index contributed by atoms with van der Waals surface area (Å²) >= 11 is 13.5. The highest BCUT2D eigenvalue weighted by Crippen LogP contribution is 1.68. The molecule has 0 aromatic rings. The molecule has 0 spiro atoms. The van der Waals surface area contributed by atoms with Crippen LogP contribution in [0.15, 0.2) is 0 Å². The van der Waals surface area contributed by atoms with Gasteiger partial charge in [-0.25, -0.2) is 0 Å². The Hall–Kier alpha value is 1.07. The summed E-state index contributed by atoms with van der Waals surface area (Å²) in [6, 6.07) is 0. The van der Waals surface area contributed by atoms with Crippen molar-refractivity contribution in [3.05, 3.63) is 0 Å². The first-order chi connectivity index (χ1) is 2.00. The SMILES string of the molecule is N.N.[NH3+][Si]([S-])([S-])[S-].[NH4+].[NH4+]. The van der Waals surface area contributed by atoms with Crippen molar-refractivity contribution in [3.63, 3.8) is 0 Å². The van der Waals surface area contributed by atoms with Crippen molar-refractivity contribution < 1.29 is 5.40 Å². The van der Waals surface area contributed by atoms with E-state index in [4.69, 9.17) is 0 Å². The molecule has 0 aromatic carbocycles. The maximum Gasteiger partial charge on any atom is -0.160 e. The molecule has 0 aliphatic heterocycles. The normalized spacial score (nSPS) is 6.67. The molecule has 0 saturated carbocycles. The van der Waals surface area contributed by atoms with E-state index in [1.54, 1.807) is 0 Å². The Kier molecular flexibility index (Phi) is 42.3. The quantitative estimate of drug-likeness (QED) is 0.265. The Morgan fingerprint density at radius 3 is 0.889 bits per heavy atom. The molecule has 9 heteroatoms. The van der Waals surface area contributed by atoms with Gasteiger partial charge in [-0.15, -0.1) is 0 Å². The third kappa shape index (κ3) is 398. The molecular formula is H17N5S3Si. The van der Waals surface area contributed by atoms with Crippen molar-refractivity contribution in [2.24, 2.45) is 0 Å². The first kappa shape index (κ1) is 32.2. The molecule has 0 amide bonds. The predicted octanol–water partition coefficient (Wildman–Crippen LogP) is -0.619. The van der Waals surface area contributed by atoms with Crippen LogP contribution in [0.3, 0.4) is 0 Å². The molecule has 0 aromatic heterocycles. The van der Waals surface area contributed by atoms with E-state index in [1.807, 2.05) is 0 Å². The monoisotopic (exact) mass is 211 g/mol. The average molecular weight is 211 g/mol. The van der Waals surface area contributed by atoms with Gasteiger partial charge in [0.05, 0.1) is 0 Å². The van der Waals surface area contributed by atoms with Crippen molar-refractivity contribution in [2.75, 3.05) is 0 Å². The third-order valence-corrected chi connectivity index (χ3v) is 0.